The van der Waals surface area contributed by atoms with Gasteiger partial charge in [0.05, 0.1) is 36.5 Å². The molecule has 3 heterocycles. The Labute approximate surface area is 181 Å². The molecule has 164 valence electrons. The zero-order valence-corrected chi connectivity index (χ0v) is 18.1. The molecule has 1 saturated heterocycles. The molecule has 2 aromatic rings. The Kier molecular flexibility index (Phi) is 5.05. The zero-order chi connectivity index (χ0) is 21.6. The quantitative estimate of drug-likeness (QED) is 0.744. The lowest BCUT2D eigenvalue weighted by molar-refractivity contribution is 0.0984. The Balaban J connectivity index is 1.45. The van der Waals surface area contributed by atoms with Crippen LogP contribution < -0.4 is 15.5 Å². The van der Waals surface area contributed by atoms with Crippen LogP contribution in [-0.2, 0) is 26.1 Å². The van der Waals surface area contributed by atoms with Crippen molar-refractivity contribution in [2.45, 2.75) is 43.4 Å². The van der Waals surface area contributed by atoms with Crippen molar-refractivity contribution < 1.29 is 17.9 Å². The maximum atomic E-state index is 12.3. The molecule has 0 radical (unpaired) electrons. The van der Waals surface area contributed by atoms with E-state index in [0.717, 1.165) is 18.4 Å². The molecule has 0 spiro atoms. The maximum Gasteiger partial charge on any atom is 0.319 e. The number of hydrogen-bond acceptors (Lipinski definition) is 7. The first-order valence-corrected chi connectivity index (χ1v) is 12.3. The van der Waals surface area contributed by atoms with Crippen LogP contribution in [0.4, 0.5) is 16.3 Å². The van der Waals surface area contributed by atoms with Crippen LogP contribution in [0.15, 0.2) is 24.3 Å². The lowest BCUT2D eigenvalue weighted by Crippen LogP contribution is -2.44. The Morgan fingerprint density at radius 1 is 1.16 bits per heavy atom. The second-order valence-corrected chi connectivity index (χ2v) is 10.5. The number of benzene rings is 1. The first kappa shape index (κ1) is 20.2. The fourth-order valence-electron chi connectivity index (χ4n) is 3.96. The summed E-state index contributed by atoms with van der Waals surface area (Å²) in [4.78, 5) is 23.4. The Morgan fingerprint density at radius 2 is 1.94 bits per heavy atom. The lowest BCUT2D eigenvalue weighted by Gasteiger charge is -2.35. The molecule has 3 aliphatic rings. The molecule has 5 rings (SSSR count). The van der Waals surface area contributed by atoms with Gasteiger partial charge in [-0.2, -0.15) is 0 Å². The Morgan fingerprint density at radius 3 is 2.65 bits per heavy atom. The summed E-state index contributed by atoms with van der Waals surface area (Å²) < 4.78 is 30.2. The van der Waals surface area contributed by atoms with Crippen molar-refractivity contribution in [2.24, 2.45) is 0 Å². The third-order valence-electron chi connectivity index (χ3n) is 5.75. The number of amides is 2. The average molecular weight is 444 g/mol. The minimum Gasteiger partial charge on any atom is -0.377 e. The average Bonchev–Trinajstić information content (AvgIpc) is 3.47. The van der Waals surface area contributed by atoms with Gasteiger partial charge in [-0.25, -0.2) is 23.2 Å². The maximum absolute atomic E-state index is 12.3. The van der Waals surface area contributed by atoms with E-state index in [9.17, 15) is 13.2 Å². The van der Waals surface area contributed by atoms with E-state index in [-0.39, 0.29) is 29.6 Å². The van der Waals surface area contributed by atoms with Crippen LogP contribution in [0.2, 0.25) is 0 Å². The van der Waals surface area contributed by atoms with Gasteiger partial charge < -0.3 is 20.3 Å². The highest BCUT2D eigenvalue weighted by Crippen LogP contribution is 2.34. The van der Waals surface area contributed by atoms with Crippen LogP contribution >= 0.6 is 0 Å². The van der Waals surface area contributed by atoms with E-state index in [1.165, 1.54) is 0 Å². The lowest BCUT2D eigenvalue weighted by atomic mass is 10.1. The summed E-state index contributed by atoms with van der Waals surface area (Å²) in [5.41, 5.74) is 2.72. The zero-order valence-electron chi connectivity index (χ0n) is 17.3. The molecular weight excluding hydrogens is 418 g/mol. The number of carbonyl (C=O) groups is 1. The largest absolute Gasteiger partial charge is 0.377 e. The predicted octanol–water partition coefficient (Wildman–Crippen LogP) is 2.08. The van der Waals surface area contributed by atoms with Gasteiger partial charge in [0.1, 0.15) is 5.82 Å². The molecule has 1 aromatic heterocycles. The van der Waals surface area contributed by atoms with Gasteiger partial charge in [-0.3, -0.25) is 0 Å². The van der Waals surface area contributed by atoms with Crippen molar-refractivity contribution in [1.82, 2.24) is 15.3 Å². The summed E-state index contributed by atoms with van der Waals surface area (Å²) in [5, 5.41) is 5.71. The number of morpholine rings is 1. The standard InChI is InChI=1S/C21H25N5O4S/c1-13-10-30-9-8-26(13)20-17-11-31(28,29)12-18(17)24-19(25-20)14-2-4-15(5-3-14)22-21(27)23-16-6-7-16/h2-5,13,16H,6-12H2,1H3,(H2,22,23,27)/t13-/m1/s1. The summed E-state index contributed by atoms with van der Waals surface area (Å²) in [6.45, 7) is 3.85. The van der Waals surface area contributed by atoms with Crippen LogP contribution in [0.1, 0.15) is 31.0 Å². The van der Waals surface area contributed by atoms with E-state index < -0.39 is 9.84 Å². The molecule has 2 amide bonds. The van der Waals surface area contributed by atoms with Gasteiger partial charge in [-0.05, 0) is 44.0 Å². The van der Waals surface area contributed by atoms with Crippen molar-refractivity contribution in [3.8, 4) is 11.4 Å². The third kappa shape index (κ3) is 4.35. The number of nitrogens with zero attached hydrogens (tertiary/aromatic N) is 3. The number of rotatable bonds is 4. The summed E-state index contributed by atoms with van der Waals surface area (Å²) in [5.74, 6) is 1.08. The number of hydrogen-bond donors (Lipinski definition) is 2. The molecule has 0 bridgehead atoms. The third-order valence-corrected chi connectivity index (χ3v) is 7.19. The fourth-order valence-corrected chi connectivity index (χ4v) is 5.45. The van der Waals surface area contributed by atoms with E-state index in [1.807, 2.05) is 19.1 Å². The topological polar surface area (TPSA) is 114 Å². The Hall–Kier alpha value is -2.72. The molecule has 31 heavy (non-hydrogen) atoms. The van der Waals surface area contributed by atoms with Crippen LogP contribution in [0, 0.1) is 0 Å². The summed E-state index contributed by atoms with van der Waals surface area (Å²) in [6, 6.07) is 7.45. The highest BCUT2D eigenvalue weighted by molar-refractivity contribution is 7.90. The summed E-state index contributed by atoms with van der Waals surface area (Å²) >= 11 is 0. The summed E-state index contributed by atoms with van der Waals surface area (Å²) in [7, 11) is -3.22. The first-order valence-electron chi connectivity index (χ1n) is 10.5. The second-order valence-electron chi connectivity index (χ2n) is 8.40. The molecular formula is C21H25N5O4S. The molecule has 0 unspecified atom stereocenters. The van der Waals surface area contributed by atoms with Crippen LogP contribution in [-0.4, -0.2) is 56.3 Å². The first-order chi connectivity index (χ1) is 14.9. The molecule has 2 fully saturated rings. The molecule has 1 atom stereocenters. The normalized spacial score (nSPS) is 22.1. The van der Waals surface area contributed by atoms with Gasteiger partial charge >= 0.3 is 6.03 Å². The van der Waals surface area contributed by atoms with Crippen molar-refractivity contribution in [2.75, 3.05) is 30.0 Å². The number of sulfone groups is 1. The highest BCUT2D eigenvalue weighted by atomic mass is 32.2. The van der Waals surface area contributed by atoms with Crippen molar-refractivity contribution in [3.05, 3.63) is 35.5 Å². The monoisotopic (exact) mass is 443 g/mol. The van der Waals surface area contributed by atoms with Crippen LogP contribution in [0.5, 0.6) is 0 Å². The number of carbonyl (C=O) groups excluding carboxylic acids is 1. The molecule has 2 aliphatic heterocycles. The van der Waals surface area contributed by atoms with E-state index in [4.69, 9.17) is 9.72 Å². The molecule has 2 N–H and O–H groups in total. The van der Waals surface area contributed by atoms with Gasteiger partial charge in [0, 0.05) is 29.4 Å². The summed E-state index contributed by atoms with van der Waals surface area (Å²) in [6.07, 6.45) is 2.06. The minimum absolute atomic E-state index is 0.0268. The van der Waals surface area contributed by atoms with Crippen molar-refractivity contribution in [1.29, 1.82) is 0 Å². The van der Waals surface area contributed by atoms with E-state index in [1.54, 1.807) is 12.1 Å². The number of anilines is 2. The van der Waals surface area contributed by atoms with E-state index >= 15 is 0 Å². The van der Waals surface area contributed by atoms with Gasteiger partial charge in [-0.15, -0.1) is 0 Å². The van der Waals surface area contributed by atoms with E-state index in [0.29, 0.717) is 48.3 Å². The number of nitrogens with one attached hydrogen (secondary N) is 2. The van der Waals surface area contributed by atoms with E-state index in [2.05, 4.69) is 20.5 Å². The SMILES string of the molecule is C[C@@H]1COCCN1c1nc(-c2ccc(NC(=O)NC3CC3)cc2)nc2c1CS(=O)(=O)C2. The predicted molar refractivity (Wildman–Crippen MR) is 117 cm³/mol. The fraction of sp³-hybridized carbons (Fsp3) is 0.476. The molecule has 1 aliphatic carbocycles. The minimum atomic E-state index is -3.22. The number of urea groups is 1. The molecule has 1 saturated carbocycles. The van der Waals surface area contributed by atoms with Crippen molar-refractivity contribution >= 4 is 27.4 Å². The second kappa shape index (κ2) is 7.76. The Bertz CT molecular complexity index is 1120. The molecule has 9 nitrogen and oxygen atoms in total. The van der Waals surface area contributed by atoms with Crippen LogP contribution in [0.3, 0.4) is 0 Å². The van der Waals surface area contributed by atoms with Gasteiger partial charge in [0.15, 0.2) is 15.7 Å². The number of fused-ring (bicyclic) bond motifs is 1. The molecule has 10 heteroatoms. The molecule has 1 aromatic carbocycles. The van der Waals surface area contributed by atoms with Gasteiger partial charge in [0.25, 0.3) is 0 Å². The van der Waals surface area contributed by atoms with Crippen molar-refractivity contribution in [3.63, 3.8) is 0 Å². The van der Waals surface area contributed by atoms with Crippen LogP contribution in [0.25, 0.3) is 11.4 Å². The smallest absolute Gasteiger partial charge is 0.319 e. The highest BCUT2D eigenvalue weighted by Gasteiger charge is 2.34. The van der Waals surface area contributed by atoms with Gasteiger partial charge in [0.2, 0.25) is 0 Å². The number of ether oxygens (including phenoxy) is 1. The van der Waals surface area contributed by atoms with Gasteiger partial charge in [-0.1, -0.05) is 0 Å². The number of aromatic nitrogens is 2.